The van der Waals surface area contributed by atoms with Gasteiger partial charge in [-0.15, -0.1) is 0 Å². The standard InChI is InChI=1S/C19H24ClN/c1-5-19(3,4)16-10-8-14(9-11-16)18(21)15-7-6-13(2)17(20)12-15/h6-12,18H,5,21H2,1-4H3. The van der Waals surface area contributed by atoms with Gasteiger partial charge in [0.1, 0.15) is 0 Å². The molecule has 0 bridgehead atoms. The first-order valence-corrected chi connectivity index (χ1v) is 7.85. The Balaban J connectivity index is 2.27. The fraction of sp³-hybridized carbons (Fsp3) is 0.368. The molecule has 0 spiro atoms. The van der Waals surface area contributed by atoms with Crippen molar-refractivity contribution in [1.82, 2.24) is 0 Å². The third kappa shape index (κ3) is 3.48. The number of nitrogens with two attached hydrogens (primary N) is 1. The van der Waals surface area contributed by atoms with Gasteiger partial charge in [0.2, 0.25) is 0 Å². The molecule has 1 unspecified atom stereocenters. The molecule has 0 fully saturated rings. The molecule has 2 aromatic rings. The van der Waals surface area contributed by atoms with Gasteiger partial charge in [-0.05, 0) is 47.1 Å². The number of rotatable bonds is 4. The van der Waals surface area contributed by atoms with Gasteiger partial charge in [0, 0.05) is 5.02 Å². The van der Waals surface area contributed by atoms with Crippen molar-refractivity contribution in [3.05, 3.63) is 69.7 Å². The Labute approximate surface area is 133 Å². The molecule has 2 rings (SSSR count). The van der Waals surface area contributed by atoms with Gasteiger partial charge in [-0.2, -0.15) is 0 Å². The molecule has 2 aromatic carbocycles. The van der Waals surface area contributed by atoms with Crippen LogP contribution in [-0.4, -0.2) is 0 Å². The summed E-state index contributed by atoms with van der Waals surface area (Å²) < 4.78 is 0. The van der Waals surface area contributed by atoms with Gasteiger partial charge < -0.3 is 5.73 Å². The molecule has 0 heterocycles. The maximum absolute atomic E-state index is 6.37. The van der Waals surface area contributed by atoms with E-state index in [1.165, 1.54) is 5.56 Å². The Morgan fingerprint density at radius 1 is 1.05 bits per heavy atom. The van der Waals surface area contributed by atoms with Crippen LogP contribution in [0.2, 0.25) is 5.02 Å². The first-order valence-electron chi connectivity index (χ1n) is 7.47. The van der Waals surface area contributed by atoms with Crippen molar-refractivity contribution in [3.63, 3.8) is 0 Å². The van der Waals surface area contributed by atoms with E-state index in [9.17, 15) is 0 Å². The third-order valence-electron chi connectivity index (χ3n) is 4.49. The Morgan fingerprint density at radius 3 is 2.14 bits per heavy atom. The van der Waals surface area contributed by atoms with Gasteiger partial charge in [0.25, 0.3) is 0 Å². The molecule has 2 N–H and O–H groups in total. The van der Waals surface area contributed by atoms with Crippen molar-refractivity contribution >= 4 is 11.6 Å². The van der Waals surface area contributed by atoms with Gasteiger partial charge in [0.15, 0.2) is 0 Å². The zero-order valence-electron chi connectivity index (χ0n) is 13.3. The highest BCUT2D eigenvalue weighted by molar-refractivity contribution is 6.31. The number of hydrogen-bond donors (Lipinski definition) is 1. The molecule has 112 valence electrons. The lowest BCUT2D eigenvalue weighted by molar-refractivity contribution is 0.506. The summed E-state index contributed by atoms with van der Waals surface area (Å²) in [7, 11) is 0. The van der Waals surface area contributed by atoms with Crippen molar-refractivity contribution in [3.8, 4) is 0 Å². The smallest absolute Gasteiger partial charge is 0.0552 e. The molecule has 0 aliphatic heterocycles. The minimum absolute atomic E-state index is 0.137. The molecule has 0 radical (unpaired) electrons. The second-order valence-electron chi connectivity index (χ2n) is 6.35. The number of hydrogen-bond acceptors (Lipinski definition) is 1. The molecule has 0 amide bonds. The fourth-order valence-corrected chi connectivity index (χ4v) is 2.53. The molecular formula is C19H24ClN. The molecule has 1 nitrogen and oxygen atoms in total. The first kappa shape index (κ1) is 16.1. The van der Waals surface area contributed by atoms with Crippen molar-refractivity contribution in [2.75, 3.05) is 0 Å². The van der Waals surface area contributed by atoms with Crippen LogP contribution < -0.4 is 5.73 Å². The maximum atomic E-state index is 6.37. The summed E-state index contributed by atoms with van der Waals surface area (Å²) in [4.78, 5) is 0. The summed E-state index contributed by atoms with van der Waals surface area (Å²) in [6.45, 7) is 8.75. The van der Waals surface area contributed by atoms with E-state index in [1.807, 2.05) is 19.1 Å². The van der Waals surface area contributed by atoms with Crippen LogP contribution in [0.15, 0.2) is 42.5 Å². The predicted molar refractivity (Wildman–Crippen MR) is 92.0 cm³/mol. The molecule has 0 aliphatic rings. The molecule has 1 atom stereocenters. The third-order valence-corrected chi connectivity index (χ3v) is 4.90. The van der Waals surface area contributed by atoms with Gasteiger partial charge in [0.05, 0.1) is 6.04 Å². The van der Waals surface area contributed by atoms with E-state index in [0.717, 1.165) is 28.1 Å². The van der Waals surface area contributed by atoms with Gasteiger partial charge in [-0.3, -0.25) is 0 Å². The quantitative estimate of drug-likeness (QED) is 0.805. The van der Waals surface area contributed by atoms with E-state index in [1.54, 1.807) is 0 Å². The largest absolute Gasteiger partial charge is 0.320 e. The SMILES string of the molecule is CCC(C)(C)c1ccc(C(N)c2ccc(C)c(Cl)c2)cc1. The first-order chi connectivity index (χ1) is 9.85. The van der Waals surface area contributed by atoms with Crippen molar-refractivity contribution in [2.45, 2.75) is 45.6 Å². The van der Waals surface area contributed by atoms with Crippen LogP contribution in [0.5, 0.6) is 0 Å². The Kier molecular flexibility index (Phi) is 4.75. The lowest BCUT2D eigenvalue weighted by atomic mass is 9.81. The summed E-state index contributed by atoms with van der Waals surface area (Å²) >= 11 is 6.19. The summed E-state index contributed by atoms with van der Waals surface area (Å²) in [5.41, 5.74) is 11.2. The highest BCUT2D eigenvalue weighted by atomic mass is 35.5. The Hall–Kier alpha value is -1.31. The molecule has 0 saturated heterocycles. The van der Waals surface area contributed by atoms with E-state index < -0.39 is 0 Å². The Bertz CT molecular complexity index is 614. The second-order valence-corrected chi connectivity index (χ2v) is 6.75. The van der Waals surface area contributed by atoms with Crippen LogP contribution in [0.25, 0.3) is 0 Å². The van der Waals surface area contributed by atoms with E-state index in [2.05, 4.69) is 51.1 Å². The molecule has 21 heavy (non-hydrogen) atoms. The minimum Gasteiger partial charge on any atom is -0.320 e. The molecular weight excluding hydrogens is 278 g/mol. The van der Waals surface area contributed by atoms with Gasteiger partial charge >= 0.3 is 0 Å². The zero-order chi connectivity index (χ0) is 15.6. The van der Waals surface area contributed by atoms with E-state index >= 15 is 0 Å². The van der Waals surface area contributed by atoms with Crippen LogP contribution in [0.4, 0.5) is 0 Å². The molecule has 0 aliphatic carbocycles. The monoisotopic (exact) mass is 301 g/mol. The zero-order valence-corrected chi connectivity index (χ0v) is 14.0. The molecule has 0 aromatic heterocycles. The maximum Gasteiger partial charge on any atom is 0.0552 e. The van der Waals surface area contributed by atoms with Crippen molar-refractivity contribution < 1.29 is 0 Å². The second kappa shape index (κ2) is 6.21. The van der Waals surface area contributed by atoms with Crippen LogP contribution in [0.1, 0.15) is 55.5 Å². The summed E-state index contributed by atoms with van der Waals surface area (Å²) in [6, 6.07) is 14.5. The Morgan fingerprint density at radius 2 is 1.62 bits per heavy atom. The normalized spacial score (nSPS) is 13.2. The predicted octanol–water partition coefficient (Wildman–Crippen LogP) is 5.38. The number of benzene rings is 2. The minimum atomic E-state index is -0.137. The van der Waals surface area contributed by atoms with E-state index in [0.29, 0.717) is 0 Å². The average molecular weight is 302 g/mol. The van der Waals surface area contributed by atoms with E-state index in [4.69, 9.17) is 17.3 Å². The summed E-state index contributed by atoms with van der Waals surface area (Å²) in [5.74, 6) is 0. The number of aryl methyl sites for hydroxylation is 1. The highest BCUT2D eigenvalue weighted by Gasteiger charge is 2.18. The topological polar surface area (TPSA) is 26.0 Å². The number of halogens is 1. The summed E-state index contributed by atoms with van der Waals surface area (Å²) in [5, 5.41) is 0.770. The fourth-order valence-electron chi connectivity index (χ4n) is 2.34. The van der Waals surface area contributed by atoms with Crippen molar-refractivity contribution in [1.29, 1.82) is 0 Å². The average Bonchev–Trinajstić information content (AvgIpc) is 2.49. The highest BCUT2D eigenvalue weighted by Crippen LogP contribution is 2.29. The lowest BCUT2D eigenvalue weighted by Crippen LogP contribution is -2.16. The van der Waals surface area contributed by atoms with Crippen LogP contribution >= 0.6 is 11.6 Å². The molecule has 2 heteroatoms. The summed E-state index contributed by atoms with van der Waals surface area (Å²) in [6.07, 6.45) is 1.12. The van der Waals surface area contributed by atoms with Crippen LogP contribution in [0, 0.1) is 6.92 Å². The van der Waals surface area contributed by atoms with Crippen molar-refractivity contribution in [2.24, 2.45) is 5.73 Å². The van der Waals surface area contributed by atoms with E-state index in [-0.39, 0.29) is 11.5 Å². The van der Waals surface area contributed by atoms with Gasteiger partial charge in [-0.1, -0.05) is 68.8 Å². The van der Waals surface area contributed by atoms with Crippen LogP contribution in [0.3, 0.4) is 0 Å². The van der Waals surface area contributed by atoms with Gasteiger partial charge in [-0.25, -0.2) is 0 Å². The molecule has 0 saturated carbocycles. The van der Waals surface area contributed by atoms with Crippen LogP contribution in [-0.2, 0) is 5.41 Å². The lowest BCUT2D eigenvalue weighted by Gasteiger charge is -2.24.